The van der Waals surface area contributed by atoms with E-state index in [1.807, 2.05) is 13.0 Å². The van der Waals surface area contributed by atoms with Gasteiger partial charge in [-0.15, -0.1) is 0 Å². The second-order valence-electron chi connectivity index (χ2n) is 7.75. The Morgan fingerprint density at radius 1 is 1.28 bits per heavy atom. The fraction of sp³-hybridized carbons (Fsp3) is 0.667. The van der Waals surface area contributed by atoms with Gasteiger partial charge in [0.05, 0.1) is 0 Å². The molecule has 7 nitrogen and oxygen atoms in total. The predicted octanol–water partition coefficient (Wildman–Crippen LogP) is 1.47. The number of carboxylic acid groups (broad SMARTS) is 1. The van der Waals surface area contributed by atoms with E-state index in [0.29, 0.717) is 13.0 Å². The number of piperidine rings is 1. The van der Waals surface area contributed by atoms with Gasteiger partial charge in [-0.25, -0.2) is 14.8 Å². The van der Waals surface area contributed by atoms with Crippen molar-refractivity contribution in [3.63, 3.8) is 0 Å². The minimum Gasteiger partial charge on any atom is -0.480 e. The van der Waals surface area contributed by atoms with Gasteiger partial charge in [0.1, 0.15) is 17.7 Å². The zero-order valence-electron chi connectivity index (χ0n) is 14.5. The van der Waals surface area contributed by atoms with Crippen LogP contribution in [0.25, 0.3) is 0 Å². The van der Waals surface area contributed by atoms with Crippen LogP contribution in [0.2, 0.25) is 0 Å². The lowest BCUT2D eigenvalue weighted by Crippen LogP contribution is -2.43. The lowest BCUT2D eigenvalue weighted by Gasteiger charge is -2.39. The fourth-order valence-electron chi connectivity index (χ4n) is 4.27. The topological polar surface area (TPSA) is 86.6 Å². The molecule has 1 amide bonds. The molecule has 3 fully saturated rings. The molecule has 25 heavy (non-hydrogen) atoms. The molecule has 3 heterocycles. The number of carboxylic acids is 1. The van der Waals surface area contributed by atoms with Crippen molar-refractivity contribution in [2.45, 2.75) is 45.1 Å². The highest BCUT2D eigenvalue weighted by Gasteiger charge is 2.51. The molecule has 2 aliphatic heterocycles. The van der Waals surface area contributed by atoms with E-state index in [0.717, 1.165) is 50.4 Å². The van der Waals surface area contributed by atoms with Crippen LogP contribution in [-0.4, -0.2) is 57.5 Å². The van der Waals surface area contributed by atoms with Crippen LogP contribution in [0.15, 0.2) is 12.3 Å². The van der Waals surface area contributed by atoms with Gasteiger partial charge in [0.2, 0.25) is 5.91 Å². The number of carbonyl (C=O) groups excluding carboxylic acids is 1. The summed E-state index contributed by atoms with van der Waals surface area (Å²) < 4.78 is 0. The number of rotatable bonds is 3. The number of nitrogens with zero attached hydrogens (tertiary/aromatic N) is 4. The molecule has 0 radical (unpaired) electrons. The number of aryl methyl sites for hydroxylation is 1. The summed E-state index contributed by atoms with van der Waals surface area (Å²) in [5, 5.41) is 9.59. The molecule has 3 aliphatic rings. The lowest BCUT2D eigenvalue weighted by molar-refractivity contribution is -0.148. The Morgan fingerprint density at radius 3 is 2.60 bits per heavy atom. The molecule has 1 saturated carbocycles. The van der Waals surface area contributed by atoms with Crippen LogP contribution in [0.5, 0.6) is 0 Å². The van der Waals surface area contributed by atoms with E-state index in [-0.39, 0.29) is 17.2 Å². The Morgan fingerprint density at radius 2 is 2.00 bits per heavy atom. The van der Waals surface area contributed by atoms with Crippen LogP contribution in [0.4, 0.5) is 5.82 Å². The normalized spacial score (nSPS) is 25.4. The SMILES string of the molecule is Cc1nccc(N2CCC3(CC2)C[C@@H](C(=O)O)N(C(=O)C2CC2)C3)n1. The van der Waals surface area contributed by atoms with Gasteiger partial charge in [-0.3, -0.25) is 4.79 Å². The zero-order valence-corrected chi connectivity index (χ0v) is 14.5. The van der Waals surface area contributed by atoms with E-state index in [2.05, 4.69) is 14.9 Å². The summed E-state index contributed by atoms with van der Waals surface area (Å²) in [6.45, 7) is 4.16. The third-order valence-corrected chi connectivity index (χ3v) is 5.91. The summed E-state index contributed by atoms with van der Waals surface area (Å²) in [5.74, 6) is 0.950. The maximum Gasteiger partial charge on any atom is 0.326 e. The molecule has 0 bridgehead atoms. The van der Waals surface area contributed by atoms with E-state index in [9.17, 15) is 14.7 Å². The number of aromatic nitrogens is 2. The third kappa shape index (κ3) is 3.07. The van der Waals surface area contributed by atoms with E-state index >= 15 is 0 Å². The summed E-state index contributed by atoms with van der Waals surface area (Å²) >= 11 is 0. The van der Waals surface area contributed by atoms with Crippen molar-refractivity contribution in [3.8, 4) is 0 Å². The van der Waals surface area contributed by atoms with Crippen LogP contribution < -0.4 is 4.90 Å². The average Bonchev–Trinajstić information content (AvgIpc) is 3.37. The molecule has 1 N–H and O–H groups in total. The van der Waals surface area contributed by atoms with Crippen molar-refractivity contribution in [1.29, 1.82) is 0 Å². The Bertz CT molecular complexity index is 695. The molecule has 1 atom stereocenters. The summed E-state index contributed by atoms with van der Waals surface area (Å²) in [6, 6.07) is 1.27. The number of anilines is 1. The van der Waals surface area contributed by atoms with Crippen LogP contribution in [0, 0.1) is 18.3 Å². The minimum atomic E-state index is -0.861. The summed E-state index contributed by atoms with van der Waals surface area (Å²) in [7, 11) is 0. The van der Waals surface area contributed by atoms with Gasteiger partial charge < -0.3 is 14.9 Å². The highest BCUT2D eigenvalue weighted by molar-refractivity contribution is 5.87. The number of aliphatic carboxylic acids is 1. The second-order valence-corrected chi connectivity index (χ2v) is 7.75. The quantitative estimate of drug-likeness (QED) is 0.893. The molecule has 7 heteroatoms. The maximum absolute atomic E-state index is 12.5. The van der Waals surface area contributed by atoms with Crippen molar-refractivity contribution < 1.29 is 14.7 Å². The first-order chi connectivity index (χ1) is 12.0. The van der Waals surface area contributed by atoms with Gasteiger partial charge in [-0.2, -0.15) is 0 Å². The minimum absolute atomic E-state index is 0.0538. The van der Waals surface area contributed by atoms with Crippen molar-refractivity contribution in [2.24, 2.45) is 11.3 Å². The van der Waals surface area contributed by atoms with Gasteiger partial charge in [-0.1, -0.05) is 0 Å². The number of carbonyl (C=O) groups is 2. The molecule has 2 saturated heterocycles. The average molecular weight is 344 g/mol. The molecule has 0 aromatic carbocycles. The van der Waals surface area contributed by atoms with Crippen LogP contribution >= 0.6 is 0 Å². The Hall–Kier alpha value is -2.18. The number of hydrogen-bond donors (Lipinski definition) is 1. The van der Waals surface area contributed by atoms with E-state index in [4.69, 9.17) is 0 Å². The first kappa shape index (κ1) is 16.3. The highest BCUT2D eigenvalue weighted by Crippen LogP contribution is 2.46. The van der Waals surface area contributed by atoms with Crippen molar-refractivity contribution in [1.82, 2.24) is 14.9 Å². The largest absolute Gasteiger partial charge is 0.480 e. The molecule has 0 unspecified atom stereocenters. The first-order valence-electron chi connectivity index (χ1n) is 9.05. The van der Waals surface area contributed by atoms with Gasteiger partial charge in [0.15, 0.2) is 0 Å². The molecular weight excluding hydrogens is 320 g/mol. The van der Waals surface area contributed by atoms with Crippen LogP contribution in [0.1, 0.15) is 37.9 Å². The molecule has 1 aromatic heterocycles. The monoisotopic (exact) mass is 344 g/mol. The Kier molecular flexibility index (Phi) is 3.89. The fourth-order valence-corrected chi connectivity index (χ4v) is 4.27. The number of amides is 1. The van der Waals surface area contributed by atoms with Crippen molar-refractivity contribution in [3.05, 3.63) is 18.1 Å². The Balaban J connectivity index is 1.46. The van der Waals surface area contributed by atoms with Crippen LogP contribution in [-0.2, 0) is 9.59 Å². The summed E-state index contributed by atoms with van der Waals surface area (Å²) in [6.07, 6.45) is 5.97. The standard InChI is InChI=1S/C18H24N4O3/c1-12-19-7-4-15(20-12)21-8-5-18(6-9-21)10-14(17(24)25)22(11-18)16(23)13-2-3-13/h4,7,13-14H,2-3,5-6,8-11H2,1H3,(H,24,25)/t14-/m0/s1. The maximum atomic E-state index is 12.5. The summed E-state index contributed by atoms with van der Waals surface area (Å²) in [4.78, 5) is 36.7. The number of likely N-dealkylation sites (tertiary alicyclic amines) is 1. The smallest absolute Gasteiger partial charge is 0.326 e. The first-order valence-corrected chi connectivity index (χ1v) is 9.05. The Labute approximate surface area is 147 Å². The van der Waals surface area contributed by atoms with Crippen LogP contribution in [0.3, 0.4) is 0 Å². The van der Waals surface area contributed by atoms with Gasteiger partial charge in [0.25, 0.3) is 0 Å². The van der Waals surface area contributed by atoms with E-state index in [1.54, 1.807) is 11.1 Å². The van der Waals surface area contributed by atoms with Gasteiger partial charge in [0, 0.05) is 31.7 Å². The van der Waals surface area contributed by atoms with E-state index < -0.39 is 12.0 Å². The van der Waals surface area contributed by atoms with Gasteiger partial charge >= 0.3 is 5.97 Å². The molecule has 134 valence electrons. The molecule has 1 aromatic rings. The lowest BCUT2D eigenvalue weighted by atomic mass is 9.76. The van der Waals surface area contributed by atoms with E-state index in [1.165, 1.54) is 0 Å². The molecule has 4 rings (SSSR count). The highest BCUT2D eigenvalue weighted by atomic mass is 16.4. The molecule has 1 spiro atoms. The second kappa shape index (κ2) is 5.97. The van der Waals surface area contributed by atoms with Crippen molar-refractivity contribution in [2.75, 3.05) is 24.5 Å². The van der Waals surface area contributed by atoms with Gasteiger partial charge in [-0.05, 0) is 50.5 Å². The third-order valence-electron chi connectivity index (χ3n) is 5.91. The van der Waals surface area contributed by atoms with Crippen molar-refractivity contribution >= 4 is 17.7 Å². The zero-order chi connectivity index (χ0) is 17.6. The predicted molar refractivity (Wildman–Crippen MR) is 91.1 cm³/mol. The molecular formula is C18H24N4O3. The number of hydrogen-bond acceptors (Lipinski definition) is 5. The summed E-state index contributed by atoms with van der Waals surface area (Å²) in [5.41, 5.74) is -0.0633. The molecule has 1 aliphatic carbocycles.